The van der Waals surface area contributed by atoms with Gasteiger partial charge in [0.25, 0.3) is 11.8 Å². The number of benzene rings is 4. The lowest BCUT2D eigenvalue weighted by molar-refractivity contribution is -0.123. The highest BCUT2D eigenvalue weighted by Crippen LogP contribution is 2.48. The highest BCUT2D eigenvalue weighted by molar-refractivity contribution is 5.98. The number of rotatable bonds is 65. The predicted octanol–water partition coefficient (Wildman–Crippen LogP) is 14.0. The van der Waals surface area contributed by atoms with E-state index in [0.29, 0.717) is 228 Å². The molecule has 0 saturated carbocycles. The highest BCUT2D eigenvalue weighted by atomic mass is 16.6. The molecule has 2 aliphatic rings. The van der Waals surface area contributed by atoms with Crippen LogP contribution >= 0.6 is 0 Å². The average molecular weight is 1700 g/mol. The summed E-state index contributed by atoms with van der Waals surface area (Å²) < 4.78 is 61.6. The van der Waals surface area contributed by atoms with Crippen molar-refractivity contribution < 1.29 is 80.9 Å². The minimum Gasteiger partial charge on any atom is -0.379 e. The molecular weight excluding hydrogens is 1550 g/mol. The summed E-state index contributed by atoms with van der Waals surface area (Å²) in [6.45, 7) is 42.0. The molecule has 0 spiro atoms. The first-order valence-electron chi connectivity index (χ1n) is 44.7. The quantitative estimate of drug-likeness (QED) is 0.0123. The predicted molar refractivity (Wildman–Crippen MR) is 485 cm³/mol. The van der Waals surface area contributed by atoms with Crippen molar-refractivity contribution in [2.24, 2.45) is 0 Å². The molecule has 0 radical (unpaired) electrons. The van der Waals surface area contributed by atoms with E-state index < -0.39 is 6.04 Å². The molecule has 678 valence electrons. The molecule has 24 heteroatoms. The molecule has 7 N–H and O–H groups in total. The Hall–Kier alpha value is -7.98. The molecule has 0 fully saturated rings. The van der Waals surface area contributed by atoms with Gasteiger partial charge in [-0.25, -0.2) is 0 Å². The van der Waals surface area contributed by atoms with Crippen LogP contribution in [0.5, 0.6) is 0 Å². The molecule has 0 bridgehead atoms. The molecule has 0 aliphatic heterocycles. The standard InChI is InChI=1S/C98H149N7O17/c1-14-23-83(15-2)104-76(5)91(108)101-46-21-50-114-56-62-118-60-54-112-48-19-44-99-89(106)37-52-116-58-64-120-66-68-122-69-67-121-65-59-117-53-38-90(107)100-45-20-49-113-55-61-119-63-57-115-51-22-47-103-94(111)88(105-93(110)80-31-27-78(28-32-80)71-75(4)82-34-36-85-87(73-82)98(12,13)42-40-96(85,8)9)24-17-16-18-43-102-92(109)79-29-25-77(26-30-79)70-74(3)81-33-35-84-86(72-81)97(10,11)41-39-95(84,6)7/h14,23,25-36,70-73,76,88,104H,1,15-22,24,37-69H2,2-13H3,(H,99,106)(H,100,107)(H,101,108)(H,102,109)(H,103,111)(H,105,110)/b74-70+,75-71+,83-23+/t76-,88-/m1/s1. The van der Waals surface area contributed by atoms with Crippen LogP contribution in [-0.2, 0) is 92.9 Å². The normalized spacial score (nSPS) is 15.1. The topological polar surface area (TPSA) is 288 Å². The number of hydrogen-bond acceptors (Lipinski definition) is 18. The Bertz CT molecular complexity index is 3850. The van der Waals surface area contributed by atoms with E-state index in [-0.39, 0.29) is 82.6 Å². The number of hydrogen-bond donors (Lipinski definition) is 7. The number of carbonyl (C=O) groups is 6. The van der Waals surface area contributed by atoms with Crippen molar-refractivity contribution in [2.75, 3.05) is 178 Å². The van der Waals surface area contributed by atoms with E-state index in [9.17, 15) is 28.8 Å². The Kier molecular flexibility index (Phi) is 48.5. The van der Waals surface area contributed by atoms with Crippen LogP contribution in [0.4, 0.5) is 0 Å². The van der Waals surface area contributed by atoms with Crippen LogP contribution in [0.1, 0.15) is 245 Å². The Morgan fingerprint density at radius 3 is 1.07 bits per heavy atom. The Morgan fingerprint density at radius 1 is 0.369 bits per heavy atom. The number of unbranched alkanes of at least 4 members (excludes halogenated alkanes) is 2. The van der Waals surface area contributed by atoms with Crippen molar-refractivity contribution in [2.45, 2.75) is 213 Å². The van der Waals surface area contributed by atoms with E-state index >= 15 is 0 Å². The van der Waals surface area contributed by atoms with Crippen molar-refractivity contribution in [1.82, 2.24) is 37.2 Å². The zero-order valence-corrected chi connectivity index (χ0v) is 75.9. The van der Waals surface area contributed by atoms with Crippen LogP contribution in [0.3, 0.4) is 0 Å². The second kappa shape index (κ2) is 57.5. The van der Waals surface area contributed by atoms with Crippen LogP contribution < -0.4 is 37.2 Å². The number of allylic oxidation sites excluding steroid dienone is 5. The zero-order chi connectivity index (χ0) is 88.3. The van der Waals surface area contributed by atoms with E-state index in [4.69, 9.17) is 52.1 Å². The van der Waals surface area contributed by atoms with Gasteiger partial charge in [0, 0.05) is 88.8 Å². The summed E-state index contributed by atoms with van der Waals surface area (Å²) in [5.74, 6) is -0.962. The summed E-state index contributed by atoms with van der Waals surface area (Å²) in [6.07, 6.45) is 19.0. The number of carbonyl (C=O) groups excluding carboxylic acids is 6. The first-order valence-corrected chi connectivity index (χ1v) is 44.7. The first kappa shape index (κ1) is 103. The molecule has 2 atom stereocenters. The molecule has 0 heterocycles. The van der Waals surface area contributed by atoms with Gasteiger partial charge >= 0.3 is 0 Å². The van der Waals surface area contributed by atoms with Crippen molar-refractivity contribution in [3.63, 3.8) is 0 Å². The van der Waals surface area contributed by atoms with E-state index in [1.807, 2.05) is 68.5 Å². The summed E-state index contributed by atoms with van der Waals surface area (Å²) in [6, 6.07) is 28.0. The minimum absolute atomic E-state index is 0.0580. The molecule has 6 rings (SSSR count). The van der Waals surface area contributed by atoms with E-state index in [0.717, 1.165) is 54.5 Å². The maximum Gasteiger partial charge on any atom is 0.251 e. The number of ether oxygens (including phenoxy) is 11. The Labute approximate surface area is 729 Å². The molecule has 0 aromatic heterocycles. The SMILES string of the molecule is C=C/C=C(\CC)N[C@H](C)C(=O)NCCCOCCOCCOCCCNC(=O)CCOCCOCCOCCOCCOCCC(=O)NCCCOCCOCCOCCCNC(=O)[C@@H](CCCCCNC(=O)c1ccc(/C=C(\C)c2ccc3c(c2)C(C)(C)CCC3(C)C)cc1)NC(=O)c1ccc(/C=C(\C)c2ccc3c(c2)C(C)(C)CCC3(C)C)cc1. The molecule has 122 heavy (non-hydrogen) atoms. The number of nitrogens with one attached hydrogen (secondary N) is 7. The second-order valence-corrected chi connectivity index (χ2v) is 34.2. The van der Waals surface area contributed by atoms with Crippen molar-refractivity contribution in [3.05, 3.63) is 165 Å². The molecule has 24 nitrogen and oxygen atoms in total. The van der Waals surface area contributed by atoms with E-state index in [1.54, 1.807) is 6.08 Å². The summed E-state index contributed by atoms with van der Waals surface area (Å²) in [7, 11) is 0. The highest BCUT2D eigenvalue weighted by Gasteiger charge is 2.39. The lowest BCUT2D eigenvalue weighted by Gasteiger charge is -2.42. The van der Waals surface area contributed by atoms with Gasteiger partial charge in [-0.05, 0) is 199 Å². The third-order valence-electron chi connectivity index (χ3n) is 22.3. The van der Waals surface area contributed by atoms with Gasteiger partial charge in [0.05, 0.1) is 119 Å². The number of amides is 6. The van der Waals surface area contributed by atoms with Gasteiger partial charge in [-0.2, -0.15) is 0 Å². The third kappa shape index (κ3) is 39.9. The van der Waals surface area contributed by atoms with Crippen molar-refractivity contribution >= 4 is 58.7 Å². The molecule has 0 unspecified atom stereocenters. The largest absolute Gasteiger partial charge is 0.379 e. The van der Waals surface area contributed by atoms with Crippen molar-refractivity contribution in [3.8, 4) is 0 Å². The van der Waals surface area contributed by atoms with Gasteiger partial charge in [-0.1, -0.05) is 161 Å². The van der Waals surface area contributed by atoms with Gasteiger partial charge < -0.3 is 89.3 Å². The lowest BCUT2D eigenvalue weighted by atomic mass is 9.63. The van der Waals surface area contributed by atoms with Gasteiger partial charge in [-0.15, -0.1) is 0 Å². The van der Waals surface area contributed by atoms with Gasteiger partial charge in [0.1, 0.15) is 12.1 Å². The molecular formula is C98H149N7O17. The van der Waals surface area contributed by atoms with Gasteiger partial charge in [0.15, 0.2) is 0 Å². The van der Waals surface area contributed by atoms with Crippen LogP contribution in [0, 0.1) is 0 Å². The van der Waals surface area contributed by atoms with Gasteiger partial charge in [-0.3, -0.25) is 28.8 Å². The fraction of sp³-hybridized carbons (Fsp3) is 0.612. The van der Waals surface area contributed by atoms with Crippen LogP contribution in [0.25, 0.3) is 23.3 Å². The van der Waals surface area contributed by atoms with Crippen LogP contribution in [0.2, 0.25) is 0 Å². The molecule has 0 saturated heterocycles. The third-order valence-corrected chi connectivity index (χ3v) is 22.3. The number of fused-ring (bicyclic) bond motifs is 2. The van der Waals surface area contributed by atoms with Crippen LogP contribution in [0.15, 0.2) is 109 Å². The van der Waals surface area contributed by atoms with Crippen molar-refractivity contribution in [1.29, 1.82) is 0 Å². The second-order valence-electron chi connectivity index (χ2n) is 34.2. The summed E-state index contributed by atoms with van der Waals surface area (Å²) >= 11 is 0. The van der Waals surface area contributed by atoms with Crippen LogP contribution in [-0.4, -0.2) is 226 Å². The van der Waals surface area contributed by atoms with E-state index in [2.05, 4.69) is 162 Å². The first-order chi connectivity index (χ1) is 58.7. The molecule has 6 amide bonds. The maximum atomic E-state index is 13.9. The molecule has 4 aromatic carbocycles. The monoisotopic (exact) mass is 1700 g/mol. The summed E-state index contributed by atoms with van der Waals surface area (Å²) in [4.78, 5) is 77.7. The molecule has 4 aromatic rings. The fourth-order valence-electron chi connectivity index (χ4n) is 14.4. The Balaban J connectivity index is 0.726. The zero-order valence-electron chi connectivity index (χ0n) is 75.9. The Morgan fingerprint density at radius 2 is 0.697 bits per heavy atom. The van der Waals surface area contributed by atoms with E-state index in [1.165, 1.54) is 45.4 Å². The maximum absolute atomic E-state index is 13.9. The summed E-state index contributed by atoms with van der Waals surface area (Å²) in [5, 5.41) is 21.0. The molecule has 2 aliphatic carbocycles. The minimum atomic E-state index is -0.771. The summed E-state index contributed by atoms with van der Waals surface area (Å²) in [5.41, 5.74) is 15.0. The fourth-order valence-corrected chi connectivity index (χ4v) is 14.4. The average Bonchev–Trinajstić information content (AvgIpc) is 0.759. The smallest absolute Gasteiger partial charge is 0.251 e. The lowest BCUT2D eigenvalue weighted by Crippen LogP contribution is -2.47. The van der Waals surface area contributed by atoms with Gasteiger partial charge in [0.2, 0.25) is 23.6 Å².